The lowest BCUT2D eigenvalue weighted by molar-refractivity contribution is 0.262. The number of benzene rings is 2. The van der Waals surface area contributed by atoms with Crippen LogP contribution in [0.3, 0.4) is 0 Å². The molecule has 2 amide bonds. The molecule has 1 atom stereocenters. The number of rotatable bonds is 3. The first kappa shape index (κ1) is 18.8. The van der Waals surface area contributed by atoms with Crippen LogP contribution in [0, 0.1) is 11.6 Å². The van der Waals surface area contributed by atoms with Gasteiger partial charge < -0.3 is 15.6 Å². The van der Waals surface area contributed by atoms with Crippen molar-refractivity contribution in [2.75, 3.05) is 23.7 Å². The van der Waals surface area contributed by atoms with Gasteiger partial charge in [0.15, 0.2) is 11.6 Å². The quantitative estimate of drug-likeness (QED) is 0.548. The van der Waals surface area contributed by atoms with Crippen LogP contribution in [0.2, 0.25) is 0 Å². The Hall–Kier alpha value is -3.19. The van der Waals surface area contributed by atoms with Crippen molar-refractivity contribution in [3.8, 4) is 0 Å². The molecule has 1 unspecified atom stereocenters. The van der Waals surface area contributed by atoms with Crippen LogP contribution in [-0.2, 0) is 0 Å². The highest BCUT2D eigenvalue weighted by Crippen LogP contribution is 2.35. The molecule has 1 saturated heterocycles. The maximum Gasteiger partial charge on any atom is 0.323 e. The molecule has 0 spiro atoms. The number of aromatic nitrogens is 1. The lowest BCUT2D eigenvalue weighted by Gasteiger charge is -2.29. The van der Waals surface area contributed by atoms with Crippen molar-refractivity contribution in [1.29, 1.82) is 0 Å². The zero-order valence-electron chi connectivity index (χ0n) is 16.3. The van der Waals surface area contributed by atoms with Gasteiger partial charge in [0.25, 0.3) is 0 Å². The summed E-state index contributed by atoms with van der Waals surface area (Å²) in [4.78, 5) is 18.2. The number of carbonyl (C=O) groups excluding carboxylic acids is 1. The molecule has 7 heteroatoms. The Labute approximate surface area is 172 Å². The molecule has 3 heterocycles. The van der Waals surface area contributed by atoms with Crippen LogP contribution in [0.4, 0.5) is 25.0 Å². The third kappa shape index (κ3) is 3.57. The maximum atomic E-state index is 13.3. The Bertz CT molecular complexity index is 1150. The highest BCUT2D eigenvalue weighted by atomic mass is 19.2. The molecular weight excluding hydrogens is 386 g/mol. The molecule has 1 aromatic heterocycles. The number of urea groups is 1. The number of carbonyl (C=O) groups is 1. The number of amides is 2. The zero-order valence-corrected chi connectivity index (χ0v) is 16.3. The highest BCUT2D eigenvalue weighted by molar-refractivity contribution is 6.02. The third-order valence-electron chi connectivity index (χ3n) is 5.99. The molecule has 5 rings (SSSR count). The van der Waals surface area contributed by atoms with Gasteiger partial charge in [-0.1, -0.05) is 6.08 Å². The molecule has 1 fully saturated rings. The zero-order chi connectivity index (χ0) is 20.7. The van der Waals surface area contributed by atoms with E-state index in [4.69, 9.17) is 0 Å². The number of hydrogen-bond donors (Lipinski definition) is 3. The summed E-state index contributed by atoms with van der Waals surface area (Å²) in [5, 5.41) is 6.34. The molecule has 2 aliphatic rings. The van der Waals surface area contributed by atoms with E-state index in [0.29, 0.717) is 11.7 Å². The lowest BCUT2D eigenvalue weighted by Crippen LogP contribution is -2.32. The normalized spacial score (nSPS) is 18.9. The number of anilines is 2. The van der Waals surface area contributed by atoms with Crippen LogP contribution >= 0.6 is 0 Å². The minimum atomic E-state index is -1.01. The molecule has 0 saturated carbocycles. The predicted octanol–water partition coefficient (Wildman–Crippen LogP) is 5.34. The minimum absolute atomic E-state index is 0.184. The van der Waals surface area contributed by atoms with Crippen molar-refractivity contribution in [2.24, 2.45) is 0 Å². The molecule has 2 aliphatic heterocycles. The van der Waals surface area contributed by atoms with Gasteiger partial charge in [-0.25, -0.2) is 13.6 Å². The standard InChI is InChI=1S/C23H22F2N4O/c24-20-5-3-16(12-21(20)25)28-23(30)27-15-4-6-22-18(11-15)19(13-26-22)14-7-9-29-8-1-2-17(29)10-14/h3-7,11-13,17,26H,1-2,8-10H2,(H2,27,28,30). The summed E-state index contributed by atoms with van der Waals surface area (Å²) in [7, 11) is 0. The molecule has 0 bridgehead atoms. The van der Waals surface area contributed by atoms with E-state index in [1.54, 1.807) is 6.07 Å². The van der Waals surface area contributed by atoms with Crippen molar-refractivity contribution in [2.45, 2.75) is 25.3 Å². The summed E-state index contributed by atoms with van der Waals surface area (Å²) >= 11 is 0. The van der Waals surface area contributed by atoms with Crippen LogP contribution in [0.5, 0.6) is 0 Å². The highest BCUT2D eigenvalue weighted by Gasteiger charge is 2.28. The first-order chi connectivity index (χ1) is 14.6. The first-order valence-electron chi connectivity index (χ1n) is 10.1. The number of fused-ring (bicyclic) bond motifs is 2. The second-order valence-electron chi connectivity index (χ2n) is 7.90. The molecule has 3 N–H and O–H groups in total. The predicted molar refractivity (Wildman–Crippen MR) is 114 cm³/mol. The molecule has 3 aromatic rings. The minimum Gasteiger partial charge on any atom is -0.361 e. The Balaban J connectivity index is 1.35. The van der Waals surface area contributed by atoms with Crippen molar-refractivity contribution in [3.63, 3.8) is 0 Å². The smallest absolute Gasteiger partial charge is 0.323 e. The molecule has 30 heavy (non-hydrogen) atoms. The second kappa shape index (κ2) is 7.57. The molecule has 154 valence electrons. The van der Waals surface area contributed by atoms with E-state index in [1.807, 2.05) is 18.3 Å². The van der Waals surface area contributed by atoms with Gasteiger partial charge in [0, 0.05) is 52.7 Å². The van der Waals surface area contributed by atoms with E-state index in [-0.39, 0.29) is 5.69 Å². The summed E-state index contributed by atoms with van der Waals surface area (Å²) in [5.41, 5.74) is 4.32. The summed E-state index contributed by atoms with van der Waals surface area (Å²) in [5.74, 6) is -1.96. The van der Waals surface area contributed by atoms with Gasteiger partial charge in [0.05, 0.1) is 0 Å². The lowest BCUT2D eigenvalue weighted by atomic mass is 9.94. The molecule has 2 aromatic carbocycles. The number of nitrogens with one attached hydrogen (secondary N) is 3. The van der Waals surface area contributed by atoms with Crippen molar-refractivity contribution >= 4 is 33.9 Å². The molecule has 5 nitrogen and oxygen atoms in total. The average Bonchev–Trinajstić information content (AvgIpc) is 3.36. The Morgan fingerprint density at radius 3 is 2.70 bits per heavy atom. The fourth-order valence-electron chi connectivity index (χ4n) is 4.48. The summed E-state index contributed by atoms with van der Waals surface area (Å²) in [6.07, 6.45) is 7.89. The van der Waals surface area contributed by atoms with Gasteiger partial charge in [-0.3, -0.25) is 4.90 Å². The Morgan fingerprint density at radius 1 is 1.07 bits per heavy atom. The Morgan fingerprint density at radius 2 is 1.87 bits per heavy atom. The van der Waals surface area contributed by atoms with Crippen molar-refractivity contribution in [1.82, 2.24) is 9.88 Å². The second-order valence-corrected chi connectivity index (χ2v) is 7.90. The average molecular weight is 408 g/mol. The van der Waals surface area contributed by atoms with Gasteiger partial charge in [-0.2, -0.15) is 0 Å². The van der Waals surface area contributed by atoms with Crippen LogP contribution in [0.25, 0.3) is 16.5 Å². The van der Waals surface area contributed by atoms with Crippen LogP contribution in [-0.4, -0.2) is 35.0 Å². The molecule has 0 radical (unpaired) electrons. The van der Waals surface area contributed by atoms with E-state index in [2.05, 4.69) is 26.6 Å². The van der Waals surface area contributed by atoms with E-state index in [0.717, 1.165) is 36.0 Å². The number of halogens is 2. The van der Waals surface area contributed by atoms with Gasteiger partial charge in [-0.05, 0) is 61.7 Å². The largest absolute Gasteiger partial charge is 0.361 e. The van der Waals surface area contributed by atoms with Gasteiger partial charge >= 0.3 is 6.03 Å². The van der Waals surface area contributed by atoms with Gasteiger partial charge in [0.2, 0.25) is 0 Å². The fourth-order valence-corrected chi connectivity index (χ4v) is 4.48. The Kier molecular flexibility index (Phi) is 4.75. The first-order valence-corrected chi connectivity index (χ1v) is 10.1. The fraction of sp³-hybridized carbons (Fsp3) is 0.261. The van der Waals surface area contributed by atoms with Crippen molar-refractivity contribution < 1.29 is 13.6 Å². The van der Waals surface area contributed by atoms with Crippen LogP contribution in [0.1, 0.15) is 24.8 Å². The van der Waals surface area contributed by atoms with Gasteiger partial charge in [-0.15, -0.1) is 0 Å². The number of aromatic amines is 1. The van der Waals surface area contributed by atoms with E-state index < -0.39 is 17.7 Å². The maximum absolute atomic E-state index is 13.3. The molecular formula is C23H22F2N4O. The van der Waals surface area contributed by atoms with E-state index in [9.17, 15) is 13.6 Å². The van der Waals surface area contributed by atoms with Gasteiger partial charge in [0.1, 0.15) is 0 Å². The molecule has 0 aliphatic carbocycles. The summed E-state index contributed by atoms with van der Waals surface area (Å²) < 4.78 is 26.4. The van der Waals surface area contributed by atoms with E-state index in [1.165, 1.54) is 36.6 Å². The van der Waals surface area contributed by atoms with Crippen LogP contribution < -0.4 is 10.6 Å². The number of hydrogen-bond acceptors (Lipinski definition) is 2. The monoisotopic (exact) mass is 408 g/mol. The SMILES string of the molecule is O=C(Nc1ccc(F)c(F)c1)Nc1ccc2[nH]cc(C3=CCN4CCCC4C3)c2c1. The third-order valence-corrected chi connectivity index (χ3v) is 5.99. The van der Waals surface area contributed by atoms with Crippen molar-refractivity contribution in [3.05, 3.63) is 65.9 Å². The summed E-state index contributed by atoms with van der Waals surface area (Å²) in [6.45, 7) is 2.17. The van der Waals surface area contributed by atoms with E-state index >= 15 is 0 Å². The summed E-state index contributed by atoms with van der Waals surface area (Å²) in [6, 6.07) is 9.02. The topological polar surface area (TPSA) is 60.2 Å². The number of H-pyrrole nitrogens is 1. The van der Waals surface area contributed by atoms with Crippen LogP contribution in [0.15, 0.2) is 48.7 Å². The number of nitrogens with zero attached hydrogens (tertiary/aromatic N) is 1.